The van der Waals surface area contributed by atoms with E-state index < -0.39 is 0 Å². The summed E-state index contributed by atoms with van der Waals surface area (Å²) in [5, 5.41) is 6.74. The van der Waals surface area contributed by atoms with Crippen molar-refractivity contribution in [2.24, 2.45) is 11.0 Å². The molecule has 1 aromatic rings. The van der Waals surface area contributed by atoms with Crippen molar-refractivity contribution in [3.05, 3.63) is 21.9 Å². The molecule has 0 saturated carbocycles. The number of nitrogens with one attached hydrogen (secondary N) is 1. The second-order valence-electron chi connectivity index (χ2n) is 4.93. The van der Waals surface area contributed by atoms with Crippen LogP contribution in [0.1, 0.15) is 29.8 Å². The highest BCUT2D eigenvalue weighted by molar-refractivity contribution is 7.10. The van der Waals surface area contributed by atoms with Gasteiger partial charge in [-0.05, 0) is 30.5 Å². The number of aryl methyl sites for hydroxylation is 1. The lowest BCUT2D eigenvalue weighted by molar-refractivity contribution is 0.239. The van der Waals surface area contributed by atoms with Crippen molar-refractivity contribution in [1.29, 1.82) is 0 Å². The number of hydrogen-bond acceptors (Lipinski definition) is 4. The topological polar surface area (TPSA) is 27.6 Å². The minimum absolute atomic E-state index is 0.416. The molecule has 2 aliphatic heterocycles. The average molecular weight is 249 g/mol. The quantitative estimate of drug-likeness (QED) is 0.871. The molecule has 0 bridgehead atoms. The minimum Gasteiger partial charge on any atom is -0.302 e. The van der Waals surface area contributed by atoms with Gasteiger partial charge in [0.25, 0.3) is 0 Å². The van der Waals surface area contributed by atoms with Crippen LogP contribution in [0, 0.1) is 12.8 Å². The Hall–Kier alpha value is -0.870. The van der Waals surface area contributed by atoms with Crippen molar-refractivity contribution in [1.82, 2.24) is 10.3 Å². The van der Waals surface area contributed by atoms with E-state index in [9.17, 15) is 0 Å². The van der Waals surface area contributed by atoms with Crippen molar-refractivity contribution >= 4 is 17.0 Å². The first-order valence-corrected chi connectivity index (χ1v) is 7.26. The molecule has 0 aliphatic carbocycles. The van der Waals surface area contributed by atoms with Crippen LogP contribution >= 0.6 is 11.3 Å². The van der Waals surface area contributed by atoms with Crippen LogP contribution in [0.2, 0.25) is 0 Å². The summed E-state index contributed by atoms with van der Waals surface area (Å²) >= 11 is 1.86. The van der Waals surface area contributed by atoms with Gasteiger partial charge in [-0.15, -0.1) is 11.3 Å². The second-order valence-corrected chi connectivity index (χ2v) is 5.88. The van der Waals surface area contributed by atoms with Gasteiger partial charge in [0.15, 0.2) is 0 Å². The van der Waals surface area contributed by atoms with E-state index in [0.29, 0.717) is 12.0 Å². The van der Waals surface area contributed by atoms with Gasteiger partial charge in [0, 0.05) is 36.0 Å². The van der Waals surface area contributed by atoms with E-state index >= 15 is 0 Å². The maximum Gasteiger partial charge on any atom is 0.0877 e. The largest absolute Gasteiger partial charge is 0.302 e. The Morgan fingerprint density at radius 3 is 3.18 bits per heavy atom. The highest BCUT2D eigenvalue weighted by Crippen LogP contribution is 2.36. The summed E-state index contributed by atoms with van der Waals surface area (Å²) in [7, 11) is 0. The Bertz CT molecular complexity index is 438. The van der Waals surface area contributed by atoms with Crippen molar-refractivity contribution in [2.45, 2.75) is 26.3 Å². The number of hydrogen-bond donors (Lipinski definition) is 1. The summed E-state index contributed by atoms with van der Waals surface area (Å²) in [6.07, 6.45) is 1.13. The zero-order chi connectivity index (χ0) is 11.8. The zero-order valence-corrected chi connectivity index (χ0v) is 11.3. The van der Waals surface area contributed by atoms with Gasteiger partial charge >= 0.3 is 0 Å². The molecule has 3 rings (SSSR count). The highest BCUT2D eigenvalue weighted by atomic mass is 32.1. The standard InChI is InChI=1S/C13H19N3S/c1-3-16-6-4-11-10(8-16)12(15-14-11)13-9(2)5-7-17-13/h5,7,10,12,15H,3-4,6,8H2,1-2H3. The van der Waals surface area contributed by atoms with Crippen LogP contribution < -0.4 is 5.43 Å². The summed E-state index contributed by atoms with van der Waals surface area (Å²) in [5.41, 5.74) is 6.14. The number of rotatable bonds is 2. The van der Waals surface area contributed by atoms with E-state index in [-0.39, 0.29) is 0 Å². The van der Waals surface area contributed by atoms with Crippen molar-refractivity contribution in [3.8, 4) is 0 Å². The Labute approximate surface area is 107 Å². The molecule has 0 radical (unpaired) electrons. The fourth-order valence-electron chi connectivity index (χ4n) is 2.84. The summed E-state index contributed by atoms with van der Waals surface area (Å²) in [4.78, 5) is 4.00. The van der Waals surface area contributed by atoms with Crippen molar-refractivity contribution in [3.63, 3.8) is 0 Å². The van der Waals surface area contributed by atoms with Crippen molar-refractivity contribution < 1.29 is 0 Å². The summed E-state index contributed by atoms with van der Waals surface area (Å²) in [6, 6.07) is 2.62. The average Bonchev–Trinajstić information content (AvgIpc) is 2.94. The maximum atomic E-state index is 4.55. The van der Waals surface area contributed by atoms with Crippen LogP contribution in [-0.2, 0) is 0 Å². The van der Waals surface area contributed by atoms with E-state index in [4.69, 9.17) is 0 Å². The van der Waals surface area contributed by atoms with Gasteiger partial charge in [0.1, 0.15) is 0 Å². The third-order valence-electron chi connectivity index (χ3n) is 3.95. The number of hydrazone groups is 1. The summed E-state index contributed by atoms with van der Waals surface area (Å²) < 4.78 is 0. The fourth-order valence-corrected chi connectivity index (χ4v) is 3.88. The lowest BCUT2D eigenvalue weighted by atomic mass is 9.88. The van der Waals surface area contributed by atoms with E-state index in [0.717, 1.165) is 19.5 Å². The number of fused-ring (bicyclic) bond motifs is 1. The molecular weight excluding hydrogens is 230 g/mol. The zero-order valence-electron chi connectivity index (χ0n) is 10.4. The van der Waals surface area contributed by atoms with Gasteiger partial charge in [0.2, 0.25) is 0 Å². The second kappa shape index (κ2) is 4.42. The molecule has 0 aromatic carbocycles. The van der Waals surface area contributed by atoms with Gasteiger partial charge < -0.3 is 10.3 Å². The van der Waals surface area contributed by atoms with E-state index in [1.165, 1.54) is 22.7 Å². The first-order valence-electron chi connectivity index (χ1n) is 6.38. The smallest absolute Gasteiger partial charge is 0.0877 e. The first kappa shape index (κ1) is 11.2. The van der Waals surface area contributed by atoms with Gasteiger partial charge in [0.05, 0.1) is 6.04 Å². The predicted octanol–water partition coefficient (Wildman–Crippen LogP) is 2.40. The van der Waals surface area contributed by atoms with Crippen LogP contribution in [0.25, 0.3) is 0 Å². The Kier molecular flexibility index (Phi) is 2.92. The fraction of sp³-hybridized carbons (Fsp3) is 0.615. The monoisotopic (exact) mass is 249 g/mol. The molecule has 4 heteroatoms. The molecule has 0 amide bonds. The molecule has 1 N–H and O–H groups in total. The Morgan fingerprint density at radius 1 is 1.59 bits per heavy atom. The Morgan fingerprint density at radius 2 is 2.47 bits per heavy atom. The number of piperidine rings is 1. The number of thiophene rings is 1. The predicted molar refractivity (Wildman–Crippen MR) is 72.6 cm³/mol. The lowest BCUT2D eigenvalue weighted by Crippen LogP contribution is -2.41. The molecule has 3 heterocycles. The molecule has 3 nitrogen and oxygen atoms in total. The lowest BCUT2D eigenvalue weighted by Gasteiger charge is -2.32. The molecule has 2 unspecified atom stereocenters. The molecule has 17 heavy (non-hydrogen) atoms. The maximum absolute atomic E-state index is 4.55. The molecule has 1 aromatic heterocycles. The first-order chi connectivity index (χ1) is 8.29. The van der Waals surface area contributed by atoms with E-state index in [2.05, 4.69) is 40.7 Å². The molecule has 2 aliphatic rings. The van der Waals surface area contributed by atoms with Crippen LogP contribution in [-0.4, -0.2) is 30.2 Å². The normalized spacial score (nSPS) is 28.7. The van der Waals surface area contributed by atoms with Crippen LogP contribution in [0.4, 0.5) is 0 Å². The summed E-state index contributed by atoms with van der Waals surface area (Å²) in [6.45, 7) is 7.93. The molecule has 1 saturated heterocycles. The molecule has 1 fully saturated rings. The van der Waals surface area contributed by atoms with Gasteiger partial charge in [-0.25, -0.2) is 0 Å². The van der Waals surface area contributed by atoms with Gasteiger partial charge in [-0.2, -0.15) is 5.10 Å². The Balaban J connectivity index is 1.83. The third kappa shape index (κ3) is 1.89. The highest BCUT2D eigenvalue weighted by Gasteiger charge is 2.37. The number of likely N-dealkylation sites (tertiary alicyclic amines) is 1. The van der Waals surface area contributed by atoms with E-state index in [1.54, 1.807) is 0 Å². The molecule has 2 atom stereocenters. The van der Waals surface area contributed by atoms with Crippen molar-refractivity contribution in [2.75, 3.05) is 19.6 Å². The van der Waals surface area contributed by atoms with Gasteiger partial charge in [-0.1, -0.05) is 6.92 Å². The van der Waals surface area contributed by atoms with Crippen LogP contribution in [0.5, 0.6) is 0 Å². The van der Waals surface area contributed by atoms with Crippen LogP contribution in [0.3, 0.4) is 0 Å². The minimum atomic E-state index is 0.416. The third-order valence-corrected chi connectivity index (χ3v) is 5.05. The van der Waals surface area contributed by atoms with Gasteiger partial charge in [-0.3, -0.25) is 0 Å². The van der Waals surface area contributed by atoms with E-state index in [1.807, 2.05) is 11.3 Å². The molecule has 92 valence electrons. The number of nitrogens with zero attached hydrogens (tertiary/aromatic N) is 2. The summed E-state index contributed by atoms with van der Waals surface area (Å²) in [5.74, 6) is 0.584. The molecule has 0 spiro atoms. The van der Waals surface area contributed by atoms with Crippen LogP contribution in [0.15, 0.2) is 16.5 Å². The SMILES string of the molecule is CCN1CCC2=NNC(c3sccc3C)C2C1. The molecular formula is C13H19N3S.